The molecule has 3 heterocycles. The fraction of sp³-hybridized carbons (Fsp3) is 0.571. The topological polar surface area (TPSA) is 73.4 Å². The Kier molecular flexibility index (Phi) is 3.41. The predicted octanol–water partition coefficient (Wildman–Crippen LogP) is 1.77. The fourth-order valence-corrected chi connectivity index (χ4v) is 4.13. The predicted molar refractivity (Wildman–Crippen MR) is 83.7 cm³/mol. The van der Waals surface area contributed by atoms with Gasteiger partial charge in [0.05, 0.1) is 29.0 Å². The molecule has 0 aliphatic carbocycles. The van der Waals surface area contributed by atoms with Crippen LogP contribution in [0, 0.1) is 6.92 Å². The van der Waals surface area contributed by atoms with E-state index in [1.165, 1.54) is 11.3 Å². The zero-order valence-corrected chi connectivity index (χ0v) is 13.5. The van der Waals surface area contributed by atoms with Crippen LogP contribution >= 0.6 is 11.3 Å². The van der Waals surface area contributed by atoms with Crippen molar-refractivity contribution in [2.45, 2.75) is 33.0 Å². The number of morpholine rings is 1. The third-order valence-electron chi connectivity index (χ3n) is 3.78. The number of carbonyl (C=O) groups excluding carboxylic acids is 1. The van der Waals surface area contributed by atoms with E-state index in [0.717, 1.165) is 15.9 Å². The molecule has 1 saturated heterocycles. The molecule has 7 heteroatoms. The lowest BCUT2D eigenvalue weighted by atomic mass is 10.2. The first-order chi connectivity index (χ1) is 9.88. The molecule has 2 aromatic rings. The van der Waals surface area contributed by atoms with Crippen molar-refractivity contribution in [2.24, 2.45) is 7.05 Å². The summed E-state index contributed by atoms with van der Waals surface area (Å²) in [6.45, 7) is 7.09. The van der Waals surface area contributed by atoms with Crippen molar-refractivity contribution in [3.05, 3.63) is 10.6 Å². The first kappa shape index (κ1) is 14.3. The number of aryl methyl sites for hydroxylation is 2. The summed E-state index contributed by atoms with van der Waals surface area (Å²) in [5, 5.41) is 5.25. The van der Waals surface area contributed by atoms with Crippen molar-refractivity contribution in [3.8, 4) is 0 Å². The van der Waals surface area contributed by atoms with Crippen LogP contribution in [0.1, 0.15) is 29.2 Å². The summed E-state index contributed by atoms with van der Waals surface area (Å²) in [6.07, 6.45) is 0.105. The summed E-state index contributed by atoms with van der Waals surface area (Å²) in [6, 6.07) is 0. The van der Waals surface area contributed by atoms with Gasteiger partial charge in [-0.2, -0.15) is 5.10 Å². The third kappa shape index (κ3) is 2.30. The molecule has 1 fully saturated rings. The first-order valence-corrected chi connectivity index (χ1v) is 7.86. The van der Waals surface area contributed by atoms with Crippen LogP contribution in [0.5, 0.6) is 0 Å². The third-order valence-corrected chi connectivity index (χ3v) is 5.04. The molecular weight excluding hydrogens is 288 g/mol. The first-order valence-electron chi connectivity index (χ1n) is 7.04. The van der Waals surface area contributed by atoms with Crippen LogP contribution < -0.4 is 5.73 Å². The smallest absolute Gasteiger partial charge is 0.266 e. The average Bonchev–Trinajstić information content (AvgIpc) is 2.87. The van der Waals surface area contributed by atoms with Crippen LogP contribution in [0.3, 0.4) is 0 Å². The van der Waals surface area contributed by atoms with E-state index in [4.69, 9.17) is 10.5 Å². The minimum absolute atomic E-state index is 0.00454. The number of nitrogens with zero attached hydrogens (tertiary/aromatic N) is 3. The highest BCUT2D eigenvalue weighted by Gasteiger charge is 2.30. The lowest BCUT2D eigenvalue weighted by molar-refractivity contribution is -0.0584. The molecule has 2 aromatic heterocycles. The molecule has 2 atom stereocenters. The Balaban J connectivity index is 1.98. The van der Waals surface area contributed by atoms with Gasteiger partial charge in [-0.1, -0.05) is 0 Å². The second-order valence-corrected chi connectivity index (χ2v) is 6.70. The lowest BCUT2D eigenvalue weighted by Gasteiger charge is -2.35. The van der Waals surface area contributed by atoms with Crippen molar-refractivity contribution in [1.82, 2.24) is 14.7 Å². The van der Waals surface area contributed by atoms with E-state index in [0.29, 0.717) is 23.7 Å². The Morgan fingerprint density at radius 3 is 2.57 bits per heavy atom. The van der Waals surface area contributed by atoms with Crippen LogP contribution in [-0.2, 0) is 11.8 Å². The summed E-state index contributed by atoms with van der Waals surface area (Å²) in [5.74, 6) is -0.00454. The van der Waals surface area contributed by atoms with Gasteiger partial charge in [-0.15, -0.1) is 11.3 Å². The maximum absolute atomic E-state index is 12.8. The summed E-state index contributed by atoms with van der Waals surface area (Å²) in [5.41, 5.74) is 7.63. The molecule has 1 aliphatic rings. The zero-order valence-electron chi connectivity index (χ0n) is 12.7. The number of hydrogen-bond donors (Lipinski definition) is 1. The van der Waals surface area contributed by atoms with Gasteiger partial charge >= 0.3 is 0 Å². The Morgan fingerprint density at radius 1 is 1.38 bits per heavy atom. The number of fused-ring (bicyclic) bond motifs is 1. The van der Waals surface area contributed by atoms with Gasteiger partial charge in [0.2, 0.25) is 0 Å². The second-order valence-electron chi connectivity index (χ2n) is 5.70. The minimum atomic E-state index is -0.00454. The molecule has 1 amide bonds. The van der Waals surface area contributed by atoms with Crippen molar-refractivity contribution in [2.75, 3.05) is 18.8 Å². The molecule has 114 valence electrons. The number of amides is 1. The maximum atomic E-state index is 12.8. The summed E-state index contributed by atoms with van der Waals surface area (Å²) < 4.78 is 7.46. The van der Waals surface area contributed by atoms with E-state index < -0.39 is 0 Å². The van der Waals surface area contributed by atoms with E-state index in [2.05, 4.69) is 5.10 Å². The highest BCUT2D eigenvalue weighted by molar-refractivity contribution is 7.21. The zero-order chi connectivity index (χ0) is 15.3. The summed E-state index contributed by atoms with van der Waals surface area (Å²) in [7, 11) is 1.87. The number of thiophene rings is 1. The molecule has 0 bridgehead atoms. The average molecular weight is 308 g/mol. The number of ether oxygens (including phenoxy) is 1. The molecule has 1 aliphatic heterocycles. The largest absolute Gasteiger partial charge is 0.397 e. The van der Waals surface area contributed by atoms with Gasteiger partial charge in [0.1, 0.15) is 9.71 Å². The van der Waals surface area contributed by atoms with Crippen LogP contribution in [0.15, 0.2) is 0 Å². The fourth-order valence-electron chi connectivity index (χ4n) is 2.98. The molecule has 2 N–H and O–H groups in total. The summed E-state index contributed by atoms with van der Waals surface area (Å²) >= 11 is 1.42. The number of nitrogen functional groups attached to an aromatic ring is 1. The Labute approximate surface area is 127 Å². The highest BCUT2D eigenvalue weighted by atomic mass is 32.1. The van der Waals surface area contributed by atoms with Gasteiger partial charge in [-0.3, -0.25) is 9.48 Å². The van der Waals surface area contributed by atoms with Gasteiger partial charge in [0, 0.05) is 20.1 Å². The number of hydrogen-bond acceptors (Lipinski definition) is 5. The highest BCUT2D eigenvalue weighted by Crippen LogP contribution is 2.36. The molecule has 0 spiro atoms. The second kappa shape index (κ2) is 4.99. The number of rotatable bonds is 1. The van der Waals surface area contributed by atoms with Crippen LogP contribution in [0.2, 0.25) is 0 Å². The van der Waals surface area contributed by atoms with Gasteiger partial charge < -0.3 is 15.4 Å². The SMILES string of the molecule is Cc1nn(C)c2sc(C(=O)N3C[C@@H](C)O[C@@H](C)C3)c(N)c12. The van der Waals surface area contributed by atoms with Crippen LogP contribution in [0.25, 0.3) is 10.2 Å². The van der Waals surface area contributed by atoms with Crippen LogP contribution in [-0.4, -0.2) is 45.9 Å². The van der Waals surface area contributed by atoms with Gasteiger partial charge in [0.25, 0.3) is 5.91 Å². The molecule has 3 rings (SSSR count). The van der Waals surface area contributed by atoms with E-state index in [1.54, 1.807) is 4.68 Å². The molecular formula is C14H20N4O2S. The molecule has 0 radical (unpaired) electrons. The normalized spacial score (nSPS) is 23.0. The number of anilines is 1. The maximum Gasteiger partial charge on any atom is 0.266 e. The molecule has 0 unspecified atom stereocenters. The lowest BCUT2D eigenvalue weighted by Crippen LogP contribution is -2.48. The van der Waals surface area contributed by atoms with Crippen molar-refractivity contribution >= 4 is 33.1 Å². The van der Waals surface area contributed by atoms with Gasteiger partial charge in [0.15, 0.2) is 0 Å². The Morgan fingerprint density at radius 2 is 2.00 bits per heavy atom. The standard InChI is InChI=1S/C14H20N4O2S/c1-7-5-18(6-8(2)20-7)13(19)12-11(15)10-9(3)16-17(4)14(10)21-12/h7-8H,5-6,15H2,1-4H3/t7-,8+. The van der Waals surface area contributed by atoms with E-state index >= 15 is 0 Å². The minimum Gasteiger partial charge on any atom is -0.397 e. The van der Waals surface area contributed by atoms with Crippen molar-refractivity contribution in [3.63, 3.8) is 0 Å². The molecule has 0 aromatic carbocycles. The van der Waals surface area contributed by atoms with Gasteiger partial charge in [-0.05, 0) is 20.8 Å². The number of aromatic nitrogens is 2. The van der Waals surface area contributed by atoms with E-state index in [1.807, 2.05) is 32.7 Å². The van der Waals surface area contributed by atoms with Gasteiger partial charge in [-0.25, -0.2) is 0 Å². The summed E-state index contributed by atoms with van der Waals surface area (Å²) in [4.78, 5) is 16.2. The Hall–Kier alpha value is -1.60. The molecule has 0 saturated carbocycles. The van der Waals surface area contributed by atoms with Crippen molar-refractivity contribution in [1.29, 1.82) is 0 Å². The quantitative estimate of drug-likeness (QED) is 0.871. The van der Waals surface area contributed by atoms with Crippen molar-refractivity contribution < 1.29 is 9.53 Å². The molecule has 21 heavy (non-hydrogen) atoms. The molecule has 6 nitrogen and oxygen atoms in total. The monoisotopic (exact) mass is 308 g/mol. The number of nitrogens with two attached hydrogens (primary N) is 1. The number of carbonyl (C=O) groups is 1. The van der Waals surface area contributed by atoms with Crippen LogP contribution in [0.4, 0.5) is 5.69 Å². The Bertz CT molecular complexity index is 695. The van der Waals surface area contributed by atoms with E-state index in [9.17, 15) is 4.79 Å². The van der Waals surface area contributed by atoms with E-state index in [-0.39, 0.29) is 18.1 Å².